The average molecular weight is 281 g/mol. The first-order chi connectivity index (χ1) is 9.66. The lowest BCUT2D eigenvalue weighted by Crippen LogP contribution is -2.55. The highest BCUT2D eigenvalue weighted by molar-refractivity contribution is 5.88. The van der Waals surface area contributed by atoms with Gasteiger partial charge in [-0.2, -0.15) is 0 Å². The van der Waals surface area contributed by atoms with Gasteiger partial charge in [0.05, 0.1) is 12.5 Å². The molecule has 0 spiro atoms. The number of hydrogen-bond acceptors (Lipinski definition) is 3. The van der Waals surface area contributed by atoms with Gasteiger partial charge < -0.3 is 10.6 Å². The van der Waals surface area contributed by atoms with Crippen LogP contribution in [0.25, 0.3) is 0 Å². The minimum atomic E-state index is -0.308. The van der Waals surface area contributed by atoms with E-state index in [0.717, 1.165) is 19.4 Å². The molecule has 2 fully saturated rings. The van der Waals surface area contributed by atoms with Crippen molar-refractivity contribution < 1.29 is 9.59 Å². The monoisotopic (exact) mass is 281 g/mol. The molecule has 2 aliphatic rings. The van der Waals surface area contributed by atoms with Gasteiger partial charge in [-0.25, -0.2) is 0 Å². The van der Waals surface area contributed by atoms with Crippen LogP contribution in [0.2, 0.25) is 0 Å². The third-order valence-corrected chi connectivity index (χ3v) is 4.45. The van der Waals surface area contributed by atoms with Crippen molar-refractivity contribution in [3.05, 3.63) is 0 Å². The van der Waals surface area contributed by atoms with Gasteiger partial charge in [-0.05, 0) is 19.9 Å². The van der Waals surface area contributed by atoms with E-state index in [4.69, 9.17) is 0 Å². The molecule has 1 saturated carbocycles. The van der Waals surface area contributed by atoms with Crippen molar-refractivity contribution in [3.63, 3.8) is 0 Å². The van der Waals surface area contributed by atoms with Gasteiger partial charge in [0.2, 0.25) is 11.8 Å². The Balaban J connectivity index is 1.79. The SMILES string of the molecule is CN1CCNC(=O)C1CC(=O)NC1CCCCCCC1. The van der Waals surface area contributed by atoms with Gasteiger partial charge in [0.1, 0.15) is 0 Å². The standard InChI is InChI=1S/C15H27N3O2/c1-18-10-9-16-15(20)13(18)11-14(19)17-12-7-5-3-2-4-6-8-12/h12-13H,2-11H2,1H3,(H,16,20)(H,17,19). The molecule has 20 heavy (non-hydrogen) atoms. The van der Waals surface area contributed by atoms with E-state index < -0.39 is 0 Å². The Labute approximate surface area is 121 Å². The van der Waals surface area contributed by atoms with Crippen molar-refractivity contribution in [2.24, 2.45) is 0 Å². The molecule has 5 heteroatoms. The predicted octanol–water partition coefficient (Wildman–Crippen LogP) is 1.04. The second kappa shape index (κ2) is 7.62. The van der Waals surface area contributed by atoms with Gasteiger partial charge in [0, 0.05) is 19.1 Å². The molecule has 0 aromatic heterocycles. The lowest BCUT2D eigenvalue weighted by atomic mass is 9.96. The number of carbonyl (C=O) groups is 2. The Bertz CT molecular complexity index is 338. The zero-order valence-electron chi connectivity index (χ0n) is 12.5. The van der Waals surface area contributed by atoms with Gasteiger partial charge in [0.15, 0.2) is 0 Å². The van der Waals surface area contributed by atoms with Gasteiger partial charge in [-0.15, -0.1) is 0 Å². The maximum Gasteiger partial charge on any atom is 0.237 e. The first-order valence-electron chi connectivity index (χ1n) is 7.94. The van der Waals surface area contributed by atoms with Gasteiger partial charge >= 0.3 is 0 Å². The zero-order chi connectivity index (χ0) is 14.4. The van der Waals surface area contributed by atoms with Gasteiger partial charge in [0.25, 0.3) is 0 Å². The molecule has 2 amide bonds. The molecule has 5 nitrogen and oxygen atoms in total. The zero-order valence-corrected chi connectivity index (χ0v) is 12.5. The van der Waals surface area contributed by atoms with Crippen molar-refractivity contribution in [3.8, 4) is 0 Å². The Kier molecular flexibility index (Phi) is 5.83. The molecule has 1 aliphatic heterocycles. The Morgan fingerprint density at radius 1 is 1.25 bits per heavy atom. The van der Waals surface area contributed by atoms with Crippen LogP contribution in [0.15, 0.2) is 0 Å². The Hall–Kier alpha value is -1.10. The first kappa shape index (κ1) is 15.3. The molecule has 2 rings (SSSR count). The van der Waals surface area contributed by atoms with E-state index >= 15 is 0 Å². The number of rotatable bonds is 3. The molecule has 114 valence electrons. The maximum absolute atomic E-state index is 12.2. The van der Waals surface area contributed by atoms with E-state index in [1.54, 1.807) is 0 Å². The van der Waals surface area contributed by atoms with Crippen LogP contribution >= 0.6 is 0 Å². The molecule has 0 bridgehead atoms. The van der Waals surface area contributed by atoms with Gasteiger partial charge in [-0.1, -0.05) is 32.1 Å². The van der Waals surface area contributed by atoms with Crippen LogP contribution in [0.3, 0.4) is 0 Å². The summed E-state index contributed by atoms with van der Waals surface area (Å²) < 4.78 is 0. The predicted molar refractivity (Wildman–Crippen MR) is 78.3 cm³/mol. The fraction of sp³-hybridized carbons (Fsp3) is 0.867. The number of nitrogens with one attached hydrogen (secondary N) is 2. The molecular weight excluding hydrogens is 254 g/mol. The second-order valence-electron chi connectivity index (χ2n) is 6.10. The molecule has 1 atom stereocenters. The minimum absolute atomic E-state index is 0.0180. The third kappa shape index (κ3) is 4.47. The summed E-state index contributed by atoms with van der Waals surface area (Å²) in [6.45, 7) is 1.49. The van der Waals surface area contributed by atoms with Crippen molar-refractivity contribution in [2.45, 2.75) is 63.5 Å². The average Bonchev–Trinajstić information content (AvgIpc) is 2.37. The van der Waals surface area contributed by atoms with E-state index in [0.29, 0.717) is 12.6 Å². The molecule has 0 aromatic rings. The van der Waals surface area contributed by atoms with Gasteiger partial charge in [-0.3, -0.25) is 14.5 Å². The van der Waals surface area contributed by atoms with E-state index in [2.05, 4.69) is 10.6 Å². The quantitative estimate of drug-likeness (QED) is 0.812. The second-order valence-corrected chi connectivity index (χ2v) is 6.10. The largest absolute Gasteiger partial charge is 0.353 e. The van der Waals surface area contributed by atoms with Crippen LogP contribution in [0, 0.1) is 0 Å². The number of amides is 2. The number of piperazine rings is 1. The van der Waals surface area contributed by atoms with Crippen molar-refractivity contribution >= 4 is 11.8 Å². The van der Waals surface area contributed by atoms with Crippen LogP contribution in [0.1, 0.15) is 51.4 Å². The Morgan fingerprint density at radius 3 is 2.55 bits per heavy atom. The lowest BCUT2D eigenvalue weighted by molar-refractivity contribution is -0.133. The fourth-order valence-electron chi connectivity index (χ4n) is 3.14. The topological polar surface area (TPSA) is 61.4 Å². The van der Waals surface area contributed by atoms with E-state index in [1.807, 2.05) is 11.9 Å². The van der Waals surface area contributed by atoms with Crippen LogP contribution in [0.5, 0.6) is 0 Å². The lowest BCUT2D eigenvalue weighted by Gasteiger charge is -2.32. The third-order valence-electron chi connectivity index (χ3n) is 4.45. The molecule has 1 aliphatic carbocycles. The number of hydrogen-bond donors (Lipinski definition) is 2. The number of likely N-dealkylation sites (N-methyl/N-ethyl adjacent to an activating group) is 1. The highest BCUT2D eigenvalue weighted by atomic mass is 16.2. The summed E-state index contributed by atoms with van der Waals surface area (Å²) in [7, 11) is 1.91. The summed E-state index contributed by atoms with van der Waals surface area (Å²) >= 11 is 0. The van der Waals surface area contributed by atoms with Crippen LogP contribution in [0.4, 0.5) is 0 Å². The molecule has 1 unspecified atom stereocenters. The van der Waals surface area contributed by atoms with E-state index in [-0.39, 0.29) is 24.3 Å². The van der Waals surface area contributed by atoms with Crippen LogP contribution < -0.4 is 10.6 Å². The van der Waals surface area contributed by atoms with E-state index in [9.17, 15) is 9.59 Å². The normalized spacial score (nSPS) is 26.4. The molecule has 0 aromatic carbocycles. The minimum Gasteiger partial charge on any atom is -0.353 e. The maximum atomic E-state index is 12.2. The summed E-state index contributed by atoms with van der Waals surface area (Å²) in [5, 5.41) is 5.96. The van der Waals surface area contributed by atoms with Crippen molar-refractivity contribution in [2.75, 3.05) is 20.1 Å². The fourth-order valence-corrected chi connectivity index (χ4v) is 3.14. The summed E-state index contributed by atoms with van der Waals surface area (Å²) in [5.41, 5.74) is 0. The molecule has 2 N–H and O–H groups in total. The Morgan fingerprint density at radius 2 is 1.90 bits per heavy atom. The molecular formula is C15H27N3O2. The molecule has 1 saturated heterocycles. The van der Waals surface area contributed by atoms with Crippen molar-refractivity contribution in [1.29, 1.82) is 0 Å². The summed E-state index contributed by atoms with van der Waals surface area (Å²) in [5.74, 6) is -0.00367. The highest BCUT2D eigenvalue weighted by Crippen LogP contribution is 2.17. The van der Waals surface area contributed by atoms with Crippen LogP contribution in [-0.2, 0) is 9.59 Å². The first-order valence-corrected chi connectivity index (χ1v) is 7.94. The van der Waals surface area contributed by atoms with Crippen LogP contribution in [-0.4, -0.2) is 48.9 Å². The van der Waals surface area contributed by atoms with Crippen molar-refractivity contribution in [1.82, 2.24) is 15.5 Å². The number of carbonyl (C=O) groups excluding carboxylic acids is 2. The smallest absolute Gasteiger partial charge is 0.237 e. The van der Waals surface area contributed by atoms with E-state index in [1.165, 1.54) is 32.1 Å². The number of nitrogens with zero attached hydrogens (tertiary/aromatic N) is 1. The summed E-state index contributed by atoms with van der Waals surface area (Å²) in [4.78, 5) is 25.9. The molecule has 0 radical (unpaired) electrons. The summed E-state index contributed by atoms with van der Waals surface area (Å²) in [6.07, 6.45) is 8.73. The molecule has 1 heterocycles. The summed E-state index contributed by atoms with van der Waals surface area (Å²) in [6, 6.07) is -0.00272. The highest BCUT2D eigenvalue weighted by Gasteiger charge is 2.29.